The number of carbonyl (C=O) groups is 1. The number of aliphatic hydroxyl groups excluding tert-OH is 1. The number of aliphatic hydroxyl groups is 1. The van der Waals surface area contributed by atoms with Crippen LogP contribution in [0.25, 0.3) is 0 Å². The summed E-state index contributed by atoms with van der Waals surface area (Å²) in [5.74, 6) is -0.150. The molecule has 0 rings (SSSR count). The zero-order valence-corrected chi connectivity index (χ0v) is 38.8. The third-order valence-electron chi connectivity index (χ3n) is 11.0. The van der Waals surface area contributed by atoms with Gasteiger partial charge in [-0.2, -0.15) is 0 Å². The molecule has 3 atom stereocenters. The number of amides is 1. The number of phosphoric ester groups is 1. The van der Waals surface area contributed by atoms with Gasteiger partial charge in [0, 0.05) is 6.42 Å². The Balaban J connectivity index is 4.32. The van der Waals surface area contributed by atoms with Crippen molar-refractivity contribution < 1.29 is 32.9 Å². The van der Waals surface area contributed by atoms with Gasteiger partial charge in [0.25, 0.3) is 0 Å². The fourth-order valence-electron chi connectivity index (χ4n) is 7.16. The van der Waals surface area contributed by atoms with Crippen LogP contribution in [0.15, 0.2) is 12.2 Å². The van der Waals surface area contributed by atoms with Crippen LogP contribution in [0.1, 0.15) is 232 Å². The van der Waals surface area contributed by atoms with Crippen molar-refractivity contribution in [3.05, 3.63) is 12.2 Å². The molecule has 3 N–H and O–H groups in total. The van der Waals surface area contributed by atoms with E-state index in [4.69, 9.17) is 9.05 Å². The number of unbranched alkanes of at least 4 members (excludes halogenated alkanes) is 29. The number of quaternary nitrogens is 1. The molecular formula is C47H96N2O6P+. The predicted octanol–water partition coefficient (Wildman–Crippen LogP) is 13.5. The van der Waals surface area contributed by atoms with Crippen molar-refractivity contribution >= 4 is 13.7 Å². The van der Waals surface area contributed by atoms with Crippen LogP contribution < -0.4 is 5.32 Å². The Kier molecular flexibility index (Phi) is 39.1. The van der Waals surface area contributed by atoms with Gasteiger partial charge in [0.15, 0.2) is 0 Å². The van der Waals surface area contributed by atoms with Crippen molar-refractivity contribution in [1.82, 2.24) is 5.32 Å². The Morgan fingerprint density at radius 3 is 1.38 bits per heavy atom. The van der Waals surface area contributed by atoms with Gasteiger partial charge in [-0.25, -0.2) is 4.57 Å². The highest BCUT2D eigenvalue weighted by Crippen LogP contribution is 2.43. The van der Waals surface area contributed by atoms with Gasteiger partial charge < -0.3 is 19.8 Å². The highest BCUT2D eigenvalue weighted by molar-refractivity contribution is 7.47. The predicted molar refractivity (Wildman–Crippen MR) is 240 cm³/mol. The Labute approximate surface area is 348 Å². The molecule has 0 fully saturated rings. The van der Waals surface area contributed by atoms with Crippen molar-refractivity contribution in [3.8, 4) is 0 Å². The number of nitrogens with zero attached hydrogens (tertiary/aromatic N) is 1. The Morgan fingerprint density at radius 1 is 0.589 bits per heavy atom. The molecule has 0 aliphatic rings. The number of rotatable bonds is 44. The molecule has 0 aromatic rings. The molecule has 0 saturated heterocycles. The average molecular weight is 816 g/mol. The van der Waals surface area contributed by atoms with Crippen LogP contribution >= 0.6 is 7.82 Å². The highest BCUT2D eigenvalue weighted by atomic mass is 31.2. The molecule has 1 unspecified atom stereocenters. The van der Waals surface area contributed by atoms with Crippen LogP contribution in [0, 0.1) is 0 Å². The maximum absolute atomic E-state index is 12.9. The van der Waals surface area contributed by atoms with Gasteiger partial charge in [0.2, 0.25) is 5.91 Å². The van der Waals surface area contributed by atoms with E-state index < -0.39 is 20.0 Å². The lowest BCUT2D eigenvalue weighted by Gasteiger charge is -2.26. The minimum Gasteiger partial charge on any atom is -0.391 e. The van der Waals surface area contributed by atoms with Crippen molar-refractivity contribution in [1.29, 1.82) is 0 Å². The van der Waals surface area contributed by atoms with Crippen LogP contribution in [0.5, 0.6) is 0 Å². The summed E-state index contributed by atoms with van der Waals surface area (Å²) in [5.41, 5.74) is 0. The smallest absolute Gasteiger partial charge is 0.391 e. The summed E-state index contributed by atoms with van der Waals surface area (Å²) in [4.78, 5) is 23.2. The third-order valence-corrected chi connectivity index (χ3v) is 12.0. The van der Waals surface area contributed by atoms with Gasteiger partial charge in [-0.05, 0) is 38.5 Å². The van der Waals surface area contributed by atoms with E-state index >= 15 is 0 Å². The van der Waals surface area contributed by atoms with Crippen molar-refractivity contribution in [2.45, 2.75) is 244 Å². The molecule has 0 spiro atoms. The molecule has 0 aromatic carbocycles. The van der Waals surface area contributed by atoms with E-state index in [2.05, 4.69) is 31.3 Å². The summed E-state index contributed by atoms with van der Waals surface area (Å²) in [6.07, 6.45) is 45.3. The summed E-state index contributed by atoms with van der Waals surface area (Å²) < 4.78 is 23.6. The number of likely N-dealkylation sites (N-methyl/N-ethyl adjacent to an activating group) is 1. The Hall–Kier alpha value is -0.760. The second-order valence-electron chi connectivity index (χ2n) is 17.8. The molecule has 0 aliphatic carbocycles. The summed E-state index contributed by atoms with van der Waals surface area (Å²) in [7, 11) is 1.61. The van der Waals surface area contributed by atoms with Crippen molar-refractivity contribution in [3.63, 3.8) is 0 Å². The number of nitrogens with one attached hydrogen (secondary N) is 1. The van der Waals surface area contributed by atoms with Crippen LogP contribution in [0.3, 0.4) is 0 Å². The summed E-state index contributed by atoms with van der Waals surface area (Å²) in [5, 5.41) is 14.0. The molecule has 0 bridgehead atoms. The largest absolute Gasteiger partial charge is 0.472 e. The van der Waals surface area contributed by atoms with Crippen LogP contribution in [0.4, 0.5) is 0 Å². The quantitative estimate of drug-likeness (QED) is 0.0245. The van der Waals surface area contributed by atoms with E-state index in [0.29, 0.717) is 23.9 Å². The van der Waals surface area contributed by atoms with Crippen LogP contribution in [-0.2, 0) is 18.4 Å². The van der Waals surface area contributed by atoms with E-state index in [1.165, 1.54) is 161 Å². The fourth-order valence-corrected chi connectivity index (χ4v) is 7.89. The van der Waals surface area contributed by atoms with Crippen LogP contribution in [-0.4, -0.2) is 73.4 Å². The lowest BCUT2D eigenvalue weighted by atomic mass is 10.0. The van der Waals surface area contributed by atoms with E-state index in [-0.39, 0.29) is 19.1 Å². The minimum atomic E-state index is -4.32. The second kappa shape index (κ2) is 39.7. The van der Waals surface area contributed by atoms with E-state index in [9.17, 15) is 19.4 Å². The van der Waals surface area contributed by atoms with Gasteiger partial charge >= 0.3 is 7.82 Å². The maximum atomic E-state index is 12.9. The molecule has 56 heavy (non-hydrogen) atoms. The third kappa shape index (κ3) is 41.4. The first-order chi connectivity index (χ1) is 27.0. The number of phosphoric acid groups is 1. The molecular weight excluding hydrogens is 719 g/mol. The first kappa shape index (κ1) is 55.2. The molecule has 0 radical (unpaired) electrons. The molecule has 0 aromatic heterocycles. The fraction of sp³-hybridized carbons (Fsp3) is 0.936. The van der Waals surface area contributed by atoms with Crippen molar-refractivity contribution in [2.75, 3.05) is 40.9 Å². The number of hydrogen-bond donors (Lipinski definition) is 3. The van der Waals surface area contributed by atoms with Gasteiger partial charge in [-0.15, -0.1) is 0 Å². The molecule has 1 amide bonds. The van der Waals surface area contributed by atoms with Crippen molar-refractivity contribution in [2.24, 2.45) is 0 Å². The Morgan fingerprint density at radius 2 is 0.964 bits per heavy atom. The lowest BCUT2D eigenvalue weighted by Crippen LogP contribution is -2.46. The first-order valence-corrected chi connectivity index (χ1v) is 25.5. The van der Waals surface area contributed by atoms with Crippen LogP contribution in [0.2, 0.25) is 0 Å². The molecule has 8 nitrogen and oxygen atoms in total. The zero-order chi connectivity index (χ0) is 41.4. The standard InChI is InChI=1S/C47H95N2O6P/c1-6-8-10-12-14-16-18-20-22-24-25-27-29-31-33-35-37-39-41-47(51)48-45(44-55-56(52,53)54-43-42-49(3,4)5)46(50)40-38-36-34-32-30-28-26-23-21-19-17-15-13-11-9-7-2/h30,32,45-46,50H,6-29,31,33-44H2,1-5H3,(H-,48,51,52,53)/p+1/b32-30+/t45-,46+/m0/s1. The van der Waals surface area contributed by atoms with E-state index in [1.807, 2.05) is 21.1 Å². The molecule has 0 aliphatic heterocycles. The number of hydrogen-bond acceptors (Lipinski definition) is 5. The molecule has 9 heteroatoms. The maximum Gasteiger partial charge on any atom is 0.472 e. The normalized spacial score (nSPS) is 14.3. The van der Waals surface area contributed by atoms with E-state index in [1.54, 1.807) is 0 Å². The summed E-state index contributed by atoms with van der Waals surface area (Å²) in [6, 6.07) is -0.771. The molecule has 0 saturated carbocycles. The second-order valence-corrected chi connectivity index (χ2v) is 19.3. The van der Waals surface area contributed by atoms with Gasteiger partial charge in [0.05, 0.1) is 39.9 Å². The topological polar surface area (TPSA) is 105 Å². The summed E-state index contributed by atoms with van der Waals surface area (Å²) in [6.45, 7) is 4.89. The molecule has 334 valence electrons. The summed E-state index contributed by atoms with van der Waals surface area (Å²) >= 11 is 0. The zero-order valence-electron chi connectivity index (χ0n) is 37.9. The lowest BCUT2D eigenvalue weighted by molar-refractivity contribution is -0.870. The highest BCUT2D eigenvalue weighted by Gasteiger charge is 2.28. The van der Waals surface area contributed by atoms with Gasteiger partial charge in [0.1, 0.15) is 13.2 Å². The SMILES string of the molecule is CCCCCCCCCCCC/C=C/CCCC[C@@H](O)[C@H](COP(=O)(O)OCC[N+](C)(C)C)NC(=O)CCCCCCCCCCCCCCCCCCCC. The minimum absolute atomic E-state index is 0.0723. The van der Waals surface area contributed by atoms with E-state index in [0.717, 1.165) is 44.9 Å². The number of carbonyl (C=O) groups excluding carboxylic acids is 1. The van der Waals surface area contributed by atoms with Gasteiger partial charge in [-0.1, -0.05) is 199 Å². The average Bonchev–Trinajstić information content (AvgIpc) is 3.15. The Bertz CT molecular complexity index is 927. The molecule has 0 heterocycles. The number of allylic oxidation sites excluding steroid dienone is 2. The monoisotopic (exact) mass is 816 g/mol. The first-order valence-electron chi connectivity index (χ1n) is 24.1. The van der Waals surface area contributed by atoms with Gasteiger partial charge in [-0.3, -0.25) is 13.8 Å².